The predicted octanol–water partition coefficient (Wildman–Crippen LogP) is 2.91. The third-order valence-corrected chi connectivity index (χ3v) is 5.30. The second kappa shape index (κ2) is 4.21. The summed E-state index contributed by atoms with van der Waals surface area (Å²) >= 11 is 0. The van der Waals surface area contributed by atoms with Crippen molar-refractivity contribution < 1.29 is 14.6 Å². The zero-order valence-corrected chi connectivity index (χ0v) is 12.3. The fourth-order valence-electron chi connectivity index (χ4n) is 5.12. The standard InChI is InChI=1S/C16H26O3/c1-15(2,3)19-14(18)13(17)16-7-10-4-11(8-16)6-12(5-10)9-16/h10-13,17H,4-9H2,1-3H3. The van der Waals surface area contributed by atoms with Crippen LogP contribution in [0.1, 0.15) is 59.3 Å². The van der Waals surface area contributed by atoms with E-state index >= 15 is 0 Å². The van der Waals surface area contributed by atoms with Crippen LogP contribution in [0.4, 0.5) is 0 Å². The average Bonchev–Trinajstić information content (AvgIpc) is 2.23. The van der Waals surface area contributed by atoms with Crippen molar-refractivity contribution in [1.29, 1.82) is 0 Å². The second-order valence-corrected chi connectivity index (χ2v) is 8.22. The van der Waals surface area contributed by atoms with E-state index in [1.807, 2.05) is 20.8 Å². The molecular weight excluding hydrogens is 240 g/mol. The van der Waals surface area contributed by atoms with Gasteiger partial charge >= 0.3 is 5.97 Å². The van der Waals surface area contributed by atoms with E-state index in [4.69, 9.17) is 4.74 Å². The highest BCUT2D eigenvalue weighted by Gasteiger charge is 2.56. The summed E-state index contributed by atoms with van der Waals surface area (Å²) < 4.78 is 5.40. The van der Waals surface area contributed by atoms with Gasteiger partial charge in [0.05, 0.1) is 0 Å². The van der Waals surface area contributed by atoms with E-state index in [9.17, 15) is 9.90 Å². The van der Waals surface area contributed by atoms with Crippen LogP contribution in [0.25, 0.3) is 0 Å². The highest BCUT2D eigenvalue weighted by atomic mass is 16.6. The van der Waals surface area contributed by atoms with Gasteiger partial charge in [0.15, 0.2) is 6.10 Å². The Balaban J connectivity index is 1.76. The Morgan fingerprint density at radius 1 is 1.11 bits per heavy atom. The molecule has 108 valence electrons. The molecule has 0 aliphatic heterocycles. The normalized spacial score (nSPS) is 42.2. The van der Waals surface area contributed by atoms with Gasteiger partial charge in [-0.3, -0.25) is 0 Å². The fraction of sp³-hybridized carbons (Fsp3) is 0.938. The van der Waals surface area contributed by atoms with E-state index in [0.717, 1.165) is 37.0 Å². The molecule has 1 unspecified atom stereocenters. The Labute approximate surface area is 115 Å². The highest BCUT2D eigenvalue weighted by Crippen LogP contribution is 2.61. The Morgan fingerprint density at radius 2 is 1.53 bits per heavy atom. The molecule has 4 rings (SSSR count). The minimum atomic E-state index is -0.917. The molecule has 4 saturated carbocycles. The molecule has 0 amide bonds. The number of hydrogen-bond donors (Lipinski definition) is 1. The van der Waals surface area contributed by atoms with Crippen LogP contribution in [0.3, 0.4) is 0 Å². The average molecular weight is 266 g/mol. The lowest BCUT2D eigenvalue weighted by molar-refractivity contribution is -0.186. The smallest absolute Gasteiger partial charge is 0.336 e. The molecule has 0 aromatic rings. The minimum absolute atomic E-state index is 0.170. The Kier molecular flexibility index (Phi) is 2.97. The van der Waals surface area contributed by atoms with Gasteiger partial charge in [-0.15, -0.1) is 0 Å². The molecule has 0 aromatic carbocycles. The van der Waals surface area contributed by atoms with Crippen LogP contribution in [0.15, 0.2) is 0 Å². The molecule has 0 heterocycles. The van der Waals surface area contributed by atoms with E-state index in [0.29, 0.717) is 0 Å². The van der Waals surface area contributed by atoms with Crippen molar-refractivity contribution in [3.63, 3.8) is 0 Å². The van der Waals surface area contributed by atoms with Crippen LogP contribution in [0.5, 0.6) is 0 Å². The summed E-state index contributed by atoms with van der Waals surface area (Å²) in [5.74, 6) is 1.81. The van der Waals surface area contributed by atoms with Crippen LogP contribution < -0.4 is 0 Å². The van der Waals surface area contributed by atoms with Gasteiger partial charge < -0.3 is 9.84 Å². The van der Waals surface area contributed by atoms with Gasteiger partial charge in [0.2, 0.25) is 0 Å². The number of rotatable bonds is 2. The molecule has 0 radical (unpaired) electrons. The summed E-state index contributed by atoms with van der Waals surface area (Å²) in [5, 5.41) is 10.6. The first kappa shape index (κ1) is 13.4. The van der Waals surface area contributed by atoms with E-state index in [1.54, 1.807) is 0 Å². The molecule has 0 saturated heterocycles. The lowest BCUT2D eigenvalue weighted by atomic mass is 9.48. The van der Waals surface area contributed by atoms with Crippen molar-refractivity contribution in [2.24, 2.45) is 23.2 Å². The van der Waals surface area contributed by atoms with Crippen molar-refractivity contribution in [2.75, 3.05) is 0 Å². The van der Waals surface area contributed by atoms with Gasteiger partial charge in [-0.1, -0.05) is 0 Å². The van der Waals surface area contributed by atoms with E-state index in [-0.39, 0.29) is 5.41 Å². The van der Waals surface area contributed by atoms with Gasteiger partial charge in [0.1, 0.15) is 5.60 Å². The molecule has 0 aromatic heterocycles. The zero-order chi connectivity index (χ0) is 13.8. The fourth-order valence-corrected chi connectivity index (χ4v) is 5.12. The Hall–Kier alpha value is -0.570. The minimum Gasteiger partial charge on any atom is -0.458 e. The number of carbonyl (C=O) groups is 1. The maximum atomic E-state index is 12.2. The molecule has 4 bridgehead atoms. The molecule has 4 aliphatic carbocycles. The van der Waals surface area contributed by atoms with Crippen LogP contribution in [-0.2, 0) is 9.53 Å². The third-order valence-electron chi connectivity index (χ3n) is 5.30. The maximum Gasteiger partial charge on any atom is 0.336 e. The summed E-state index contributed by atoms with van der Waals surface area (Å²) in [5.41, 5.74) is -0.683. The quantitative estimate of drug-likeness (QED) is 0.782. The van der Waals surface area contributed by atoms with E-state index in [1.165, 1.54) is 19.3 Å². The molecule has 1 N–H and O–H groups in total. The predicted molar refractivity (Wildman–Crippen MR) is 72.5 cm³/mol. The molecule has 3 nitrogen and oxygen atoms in total. The summed E-state index contributed by atoms with van der Waals surface area (Å²) in [4.78, 5) is 12.2. The molecule has 0 spiro atoms. The number of carbonyl (C=O) groups excluding carboxylic acids is 1. The highest BCUT2D eigenvalue weighted by molar-refractivity contribution is 5.76. The number of esters is 1. The molecule has 1 atom stereocenters. The molecule has 4 fully saturated rings. The first-order valence-corrected chi connectivity index (χ1v) is 7.68. The lowest BCUT2D eigenvalue weighted by Gasteiger charge is -2.57. The Bertz CT molecular complexity index is 345. The SMILES string of the molecule is CC(C)(C)OC(=O)C(O)C12CC3CC(CC(C3)C1)C2. The number of aliphatic hydroxyl groups excluding tert-OH is 1. The molecular formula is C16H26O3. The van der Waals surface area contributed by atoms with Crippen molar-refractivity contribution in [2.45, 2.75) is 71.0 Å². The van der Waals surface area contributed by atoms with Crippen LogP contribution in [-0.4, -0.2) is 22.8 Å². The van der Waals surface area contributed by atoms with Crippen LogP contribution >= 0.6 is 0 Å². The number of ether oxygens (including phenoxy) is 1. The summed E-state index contributed by atoms with van der Waals surface area (Å²) in [6.07, 6.45) is 6.12. The molecule has 19 heavy (non-hydrogen) atoms. The van der Waals surface area contributed by atoms with Gasteiger partial charge in [0, 0.05) is 5.41 Å². The van der Waals surface area contributed by atoms with Crippen LogP contribution in [0.2, 0.25) is 0 Å². The third kappa shape index (κ3) is 2.42. The van der Waals surface area contributed by atoms with Gasteiger partial charge in [0.25, 0.3) is 0 Å². The van der Waals surface area contributed by atoms with Crippen molar-refractivity contribution in [3.8, 4) is 0 Å². The molecule has 3 heteroatoms. The second-order valence-electron chi connectivity index (χ2n) is 8.22. The number of hydrogen-bond acceptors (Lipinski definition) is 3. The van der Waals surface area contributed by atoms with Crippen molar-refractivity contribution >= 4 is 5.97 Å². The van der Waals surface area contributed by atoms with Crippen molar-refractivity contribution in [1.82, 2.24) is 0 Å². The van der Waals surface area contributed by atoms with Gasteiger partial charge in [-0.2, -0.15) is 0 Å². The summed E-state index contributed by atoms with van der Waals surface area (Å²) in [6.45, 7) is 5.58. The topological polar surface area (TPSA) is 46.5 Å². The van der Waals surface area contributed by atoms with E-state index in [2.05, 4.69) is 0 Å². The van der Waals surface area contributed by atoms with Gasteiger partial charge in [-0.05, 0) is 77.0 Å². The number of aliphatic hydroxyl groups is 1. The van der Waals surface area contributed by atoms with Crippen LogP contribution in [0, 0.1) is 23.2 Å². The lowest BCUT2D eigenvalue weighted by Crippen LogP contribution is -2.54. The first-order valence-electron chi connectivity index (χ1n) is 7.68. The molecule has 4 aliphatic rings. The summed E-state index contributed by atoms with van der Waals surface area (Å²) in [7, 11) is 0. The maximum absolute atomic E-state index is 12.2. The van der Waals surface area contributed by atoms with Crippen molar-refractivity contribution in [3.05, 3.63) is 0 Å². The largest absolute Gasteiger partial charge is 0.458 e. The van der Waals surface area contributed by atoms with E-state index < -0.39 is 17.7 Å². The van der Waals surface area contributed by atoms with Gasteiger partial charge in [-0.25, -0.2) is 4.79 Å². The Morgan fingerprint density at radius 3 is 1.89 bits per heavy atom. The summed E-state index contributed by atoms with van der Waals surface area (Å²) in [6, 6.07) is 0. The zero-order valence-electron chi connectivity index (χ0n) is 12.3. The monoisotopic (exact) mass is 266 g/mol. The first-order chi connectivity index (χ1) is 8.77.